The minimum absolute atomic E-state index is 0.214. The van der Waals surface area contributed by atoms with E-state index in [9.17, 15) is 18.3 Å². The molecular formula is C11H11NO5S3. The van der Waals surface area contributed by atoms with Gasteiger partial charge in [0.2, 0.25) is 10.0 Å². The highest BCUT2D eigenvalue weighted by atomic mass is 32.2. The molecule has 0 saturated heterocycles. The van der Waals surface area contributed by atoms with Crippen LogP contribution in [0.1, 0.15) is 21.3 Å². The zero-order valence-electron chi connectivity index (χ0n) is 10.0. The lowest BCUT2D eigenvalue weighted by molar-refractivity contribution is 0.0698. The maximum absolute atomic E-state index is 12.0. The van der Waals surface area contributed by atoms with Gasteiger partial charge >= 0.3 is 5.97 Å². The molecule has 6 nitrogen and oxygen atoms in total. The number of aromatic carboxylic acids is 1. The van der Waals surface area contributed by atoms with Gasteiger partial charge in [-0.2, -0.15) is 11.3 Å². The lowest BCUT2D eigenvalue weighted by Crippen LogP contribution is -2.29. The molecule has 0 aliphatic heterocycles. The van der Waals surface area contributed by atoms with Gasteiger partial charge in [-0.05, 0) is 33.8 Å². The largest absolute Gasteiger partial charge is 0.477 e. The minimum Gasteiger partial charge on any atom is -0.477 e. The molecule has 3 N–H and O–H groups in total. The summed E-state index contributed by atoms with van der Waals surface area (Å²) in [5.41, 5.74) is 0.612. The topological polar surface area (TPSA) is 104 Å². The number of carbonyl (C=O) groups is 1. The highest BCUT2D eigenvalue weighted by molar-refractivity contribution is 7.89. The fourth-order valence-electron chi connectivity index (χ4n) is 1.51. The molecule has 0 aliphatic rings. The van der Waals surface area contributed by atoms with E-state index in [0.717, 1.165) is 11.3 Å². The van der Waals surface area contributed by atoms with Crippen LogP contribution in [0.5, 0.6) is 0 Å². The van der Waals surface area contributed by atoms with E-state index < -0.39 is 22.1 Å². The van der Waals surface area contributed by atoms with Crippen LogP contribution in [0.15, 0.2) is 33.2 Å². The predicted molar refractivity (Wildman–Crippen MR) is 75.7 cm³/mol. The summed E-state index contributed by atoms with van der Waals surface area (Å²) < 4.78 is 26.2. The van der Waals surface area contributed by atoms with Crippen molar-refractivity contribution in [1.29, 1.82) is 0 Å². The molecule has 0 bridgehead atoms. The number of rotatable bonds is 6. The van der Waals surface area contributed by atoms with Gasteiger partial charge in [-0.25, -0.2) is 17.9 Å². The number of aliphatic hydroxyl groups excluding tert-OH is 1. The molecule has 0 aromatic carbocycles. The SMILES string of the molecule is O=C(O)c1sccc1S(=O)(=O)NCC(O)c1ccsc1. The van der Waals surface area contributed by atoms with E-state index in [2.05, 4.69) is 4.72 Å². The van der Waals surface area contributed by atoms with E-state index >= 15 is 0 Å². The Balaban J connectivity index is 2.12. The first-order valence-corrected chi connectivity index (χ1v) is 8.73. The summed E-state index contributed by atoms with van der Waals surface area (Å²) >= 11 is 2.23. The molecule has 9 heteroatoms. The van der Waals surface area contributed by atoms with Gasteiger partial charge in [0.25, 0.3) is 0 Å². The van der Waals surface area contributed by atoms with Gasteiger partial charge in [-0.1, -0.05) is 0 Å². The fraction of sp³-hybridized carbons (Fsp3) is 0.182. The normalized spacial score (nSPS) is 13.2. The van der Waals surface area contributed by atoms with Gasteiger partial charge in [-0.15, -0.1) is 11.3 Å². The Kier molecular flexibility index (Phi) is 4.55. The molecule has 2 aromatic rings. The fourth-order valence-corrected chi connectivity index (χ4v) is 4.52. The molecule has 2 aromatic heterocycles. The number of sulfonamides is 1. The minimum atomic E-state index is -3.96. The van der Waals surface area contributed by atoms with Crippen molar-refractivity contribution in [2.45, 2.75) is 11.0 Å². The third-order valence-corrected chi connectivity index (χ3v) is 5.71. The second kappa shape index (κ2) is 6.02. The molecule has 2 rings (SSSR count). The van der Waals surface area contributed by atoms with Crippen molar-refractivity contribution in [2.24, 2.45) is 0 Å². The molecule has 1 unspecified atom stereocenters. The standard InChI is InChI=1S/C11H11NO5S3/c13-8(7-1-3-18-6-7)5-12-20(16,17)9-2-4-19-10(9)11(14)15/h1-4,6,8,12-13H,5H2,(H,14,15). The average Bonchev–Trinajstić information content (AvgIpc) is 3.06. The summed E-state index contributed by atoms with van der Waals surface area (Å²) in [6.07, 6.45) is -0.970. The Morgan fingerprint density at radius 2 is 2.10 bits per heavy atom. The van der Waals surface area contributed by atoms with Crippen molar-refractivity contribution >= 4 is 38.7 Å². The molecule has 0 spiro atoms. The van der Waals surface area contributed by atoms with Crippen LogP contribution >= 0.6 is 22.7 Å². The van der Waals surface area contributed by atoms with Crippen LogP contribution in [0.3, 0.4) is 0 Å². The van der Waals surface area contributed by atoms with Crippen molar-refractivity contribution in [3.05, 3.63) is 38.7 Å². The zero-order valence-corrected chi connectivity index (χ0v) is 12.5. The van der Waals surface area contributed by atoms with E-state index in [1.807, 2.05) is 0 Å². The van der Waals surface area contributed by atoms with E-state index in [1.54, 1.807) is 16.8 Å². The van der Waals surface area contributed by atoms with Crippen LogP contribution in [0.4, 0.5) is 0 Å². The van der Waals surface area contributed by atoms with Gasteiger partial charge < -0.3 is 10.2 Å². The number of aliphatic hydroxyl groups is 1. The maximum atomic E-state index is 12.0. The first-order chi connectivity index (χ1) is 9.42. The number of carboxylic acid groups (broad SMARTS) is 1. The van der Waals surface area contributed by atoms with Crippen LogP contribution in [-0.2, 0) is 10.0 Å². The second-order valence-corrected chi connectivity index (χ2v) is 7.28. The molecular weight excluding hydrogens is 322 g/mol. The summed E-state index contributed by atoms with van der Waals surface area (Å²) in [5, 5.41) is 23.6. The van der Waals surface area contributed by atoms with Gasteiger partial charge in [0.15, 0.2) is 0 Å². The van der Waals surface area contributed by atoms with Crippen molar-refractivity contribution in [1.82, 2.24) is 4.72 Å². The number of nitrogens with one attached hydrogen (secondary N) is 1. The van der Waals surface area contributed by atoms with Crippen LogP contribution < -0.4 is 4.72 Å². The monoisotopic (exact) mass is 333 g/mol. The molecule has 20 heavy (non-hydrogen) atoms. The third-order valence-electron chi connectivity index (χ3n) is 2.51. The van der Waals surface area contributed by atoms with Crippen LogP contribution in [0, 0.1) is 0 Å². The van der Waals surface area contributed by atoms with E-state index in [4.69, 9.17) is 5.11 Å². The lowest BCUT2D eigenvalue weighted by Gasteiger charge is -2.10. The summed E-state index contributed by atoms with van der Waals surface area (Å²) in [4.78, 5) is 10.4. The highest BCUT2D eigenvalue weighted by Crippen LogP contribution is 2.22. The smallest absolute Gasteiger partial charge is 0.347 e. The lowest BCUT2D eigenvalue weighted by atomic mass is 10.2. The Morgan fingerprint density at radius 3 is 2.70 bits per heavy atom. The average molecular weight is 333 g/mol. The first kappa shape index (κ1) is 15.1. The molecule has 0 fully saturated rings. The molecule has 2 heterocycles. The van der Waals surface area contributed by atoms with Crippen molar-refractivity contribution < 1.29 is 23.4 Å². The van der Waals surface area contributed by atoms with Gasteiger partial charge in [0.05, 0.1) is 6.10 Å². The number of hydrogen-bond acceptors (Lipinski definition) is 6. The maximum Gasteiger partial charge on any atom is 0.347 e. The van der Waals surface area contributed by atoms with Crippen LogP contribution in [-0.4, -0.2) is 31.1 Å². The van der Waals surface area contributed by atoms with Crippen molar-refractivity contribution in [2.75, 3.05) is 6.54 Å². The summed E-state index contributed by atoms with van der Waals surface area (Å²) in [6.45, 7) is -0.214. The predicted octanol–water partition coefficient (Wildman–Crippen LogP) is 1.52. The Bertz CT molecular complexity index is 689. The van der Waals surface area contributed by atoms with E-state index in [-0.39, 0.29) is 16.3 Å². The zero-order chi connectivity index (χ0) is 14.8. The highest BCUT2D eigenvalue weighted by Gasteiger charge is 2.24. The summed E-state index contributed by atoms with van der Waals surface area (Å²) in [7, 11) is -3.96. The second-order valence-electron chi connectivity index (χ2n) is 3.84. The Morgan fingerprint density at radius 1 is 1.35 bits per heavy atom. The molecule has 1 atom stereocenters. The van der Waals surface area contributed by atoms with Gasteiger partial charge in [0, 0.05) is 6.54 Å². The Labute approximate surface area is 123 Å². The molecule has 0 amide bonds. The summed E-state index contributed by atoms with van der Waals surface area (Å²) in [6, 6.07) is 2.92. The third kappa shape index (κ3) is 3.25. The van der Waals surface area contributed by atoms with Crippen LogP contribution in [0.25, 0.3) is 0 Å². The van der Waals surface area contributed by atoms with E-state index in [1.165, 1.54) is 22.8 Å². The van der Waals surface area contributed by atoms with E-state index in [0.29, 0.717) is 5.56 Å². The molecule has 0 radical (unpaired) electrons. The molecule has 0 saturated carbocycles. The summed E-state index contributed by atoms with van der Waals surface area (Å²) in [5.74, 6) is -1.29. The molecule has 108 valence electrons. The van der Waals surface area contributed by atoms with Crippen molar-refractivity contribution in [3.8, 4) is 0 Å². The number of thiophene rings is 2. The number of hydrogen-bond donors (Lipinski definition) is 3. The first-order valence-electron chi connectivity index (χ1n) is 5.42. The van der Waals surface area contributed by atoms with Crippen LogP contribution in [0.2, 0.25) is 0 Å². The molecule has 0 aliphatic carbocycles. The van der Waals surface area contributed by atoms with Gasteiger partial charge in [0.1, 0.15) is 9.77 Å². The number of carboxylic acids is 1. The quantitative estimate of drug-likeness (QED) is 0.743. The Hall–Kier alpha value is -1.26. The van der Waals surface area contributed by atoms with Gasteiger partial charge in [-0.3, -0.25) is 0 Å². The van der Waals surface area contributed by atoms with Crippen molar-refractivity contribution in [3.63, 3.8) is 0 Å².